The fourth-order valence-corrected chi connectivity index (χ4v) is 2.36. The third-order valence-corrected chi connectivity index (χ3v) is 3.86. The molecule has 0 aliphatic carbocycles. The number of unbranched alkanes of at least 4 members (excludes halogenated alkanes) is 2. The number of hydrogen-bond acceptors (Lipinski definition) is 1. The molecule has 0 bridgehead atoms. The molecular weight excluding hydrogens is 268 g/mol. The number of aliphatic hydroxyl groups is 1. The van der Waals surface area contributed by atoms with Gasteiger partial charge in [0.25, 0.3) is 0 Å². The molecule has 0 fully saturated rings. The summed E-state index contributed by atoms with van der Waals surface area (Å²) in [6, 6.07) is 15.9. The maximum absolute atomic E-state index is 11.3. The average Bonchev–Trinajstić information content (AvgIpc) is 2.52. The Morgan fingerprint density at radius 2 is 1.32 bits per heavy atom. The van der Waals surface area contributed by atoms with Gasteiger partial charge in [-0.25, -0.2) is 0 Å². The largest absolute Gasteiger partial charge is 0.369 e. The lowest BCUT2D eigenvalue weighted by Crippen LogP contribution is -2.25. The highest BCUT2D eigenvalue weighted by Crippen LogP contribution is 2.29. The van der Waals surface area contributed by atoms with Gasteiger partial charge in [-0.3, -0.25) is 0 Å². The van der Waals surface area contributed by atoms with E-state index < -0.39 is 5.60 Å². The SMILES string of the molecule is CCCCC#CC(O)(c1ccc(C)cc1)c1ccc(C)cc1. The Bertz CT molecular complexity index is 608. The van der Waals surface area contributed by atoms with Crippen molar-refractivity contribution in [3.63, 3.8) is 0 Å². The molecule has 0 heterocycles. The van der Waals surface area contributed by atoms with Gasteiger partial charge in [-0.1, -0.05) is 84.8 Å². The van der Waals surface area contributed by atoms with Crippen LogP contribution in [0.3, 0.4) is 0 Å². The van der Waals surface area contributed by atoms with E-state index in [1.54, 1.807) is 0 Å². The van der Waals surface area contributed by atoms with Crippen LogP contribution in [-0.2, 0) is 5.60 Å². The standard InChI is InChI=1S/C21H24O/c1-4-5-6-7-16-21(22,19-12-8-17(2)9-13-19)20-14-10-18(3)11-15-20/h8-15,22H,4-6H2,1-3H3. The number of hydrogen-bond donors (Lipinski definition) is 1. The van der Waals surface area contributed by atoms with Crippen LogP contribution in [0.5, 0.6) is 0 Å². The van der Waals surface area contributed by atoms with E-state index in [9.17, 15) is 5.11 Å². The smallest absolute Gasteiger partial charge is 0.176 e. The second-order valence-corrected chi connectivity index (χ2v) is 5.85. The molecule has 0 amide bonds. The topological polar surface area (TPSA) is 20.2 Å². The molecule has 1 nitrogen and oxygen atoms in total. The van der Waals surface area contributed by atoms with E-state index in [0.717, 1.165) is 30.4 Å². The molecule has 1 N–H and O–H groups in total. The summed E-state index contributed by atoms with van der Waals surface area (Å²) in [7, 11) is 0. The minimum absolute atomic E-state index is 0.816. The zero-order valence-electron chi connectivity index (χ0n) is 13.7. The van der Waals surface area contributed by atoms with Gasteiger partial charge in [0.05, 0.1) is 0 Å². The monoisotopic (exact) mass is 292 g/mol. The predicted octanol–water partition coefficient (Wildman–Crippen LogP) is 4.73. The van der Waals surface area contributed by atoms with Gasteiger partial charge in [-0.05, 0) is 20.3 Å². The Hall–Kier alpha value is -2.04. The van der Waals surface area contributed by atoms with Crippen molar-refractivity contribution in [2.24, 2.45) is 0 Å². The third-order valence-electron chi connectivity index (χ3n) is 3.86. The van der Waals surface area contributed by atoms with Crippen LogP contribution in [-0.4, -0.2) is 5.11 Å². The molecule has 2 aromatic rings. The second kappa shape index (κ2) is 7.29. The van der Waals surface area contributed by atoms with Gasteiger partial charge in [0.15, 0.2) is 5.60 Å². The average molecular weight is 292 g/mol. The normalized spacial score (nSPS) is 10.9. The lowest BCUT2D eigenvalue weighted by molar-refractivity contribution is 0.145. The second-order valence-electron chi connectivity index (χ2n) is 5.85. The highest BCUT2D eigenvalue weighted by Gasteiger charge is 2.29. The Morgan fingerprint density at radius 1 is 0.864 bits per heavy atom. The maximum Gasteiger partial charge on any atom is 0.176 e. The van der Waals surface area contributed by atoms with Crippen LogP contribution >= 0.6 is 0 Å². The minimum atomic E-state index is -1.24. The number of aryl methyl sites for hydroxylation is 2. The van der Waals surface area contributed by atoms with Gasteiger partial charge in [-0.2, -0.15) is 0 Å². The number of benzene rings is 2. The van der Waals surface area contributed by atoms with E-state index in [1.165, 1.54) is 11.1 Å². The fraction of sp³-hybridized carbons (Fsp3) is 0.333. The van der Waals surface area contributed by atoms with Gasteiger partial charge in [0, 0.05) is 17.5 Å². The van der Waals surface area contributed by atoms with Crippen molar-refractivity contribution in [3.05, 3.63) is 70.8 Å². The summed E-state index contributed by atoms with van der Waals surface area (Å²) in [5, 5.41) is 11.3. The first-order valence-corrected chi connectivity index (χ1v) is 7.93. The quantitative estimate of drug-likeness (QED) is 0.638. The summed E-state index contributed by atoms with van der Waals surface area (Å²) >= 11 is 0. The van der Waals surface area contributed by atoms with Crippen molar-refractivity contribution in [2.45, 2.75) is 45.6 Å². The van der Waals surface area contributed by atoms with Gasteiger partial charge >= 0.3 is 0 Å². The zero-order valence-corrected chi connectivity index (χ0v) is 13.7. The molecule has 0 radical (unpaired) electrons. The third kappa shape index (κ3) is 3.78. The van der Waals surface area contributed by atoms with Crippen LogP contribution in [0.2, 0.25) is 0 Å². The highest BCUT2D eigenvalue weighted by atomic mass is 16.3. The lowest BCUT2D eigenvalue weighted by atomic mass is 9.86. The summed E-state index contributed by atoms with van der Waals surface area (Å²) in [4.78, 5) is 0. The molecule has 0 saturated carbocycles. The summed E-state index contributed by atoms with van der Waals surface area (Å²) in [6.07, 6.45) is 2.99. The van der Waals surface area contributed by atoms with E-state index in [2.05, 4.69) is 18.8 Å². The van der Waals surface area contributed by atoms with Crippen LogP contribution in [0.4, 0.5) is 0 Å². The summed E-state index contributed by atoms with van der Waals surface area (Å²) in [6.45, 7) is 6.23. The Balaban J connectivity index is 2.45. The first kappa shape index (κ1) is 16.3. The molecule has 1 heteroatoms. The van der Waals surface area contributed by atoms with Gasteiger partial charge in [0.1, 0.15) is 0 Å². The van der Waals surface area contributed by atoms with Crippen molar-refractivity contribution in [1.29, 1.82) is 0 Å². The first-order chi connectivity index (χ1) is 10.6. The minimum Gasteiger partial charge on any atom is -0.369 e. The molecule has 22 heavy (non-hydrogen) atoms. The van der Waals surface area contributed by atoms with Crippen LogP contribution in [0.15, 0.2) is 48.5 Å². The van der Waals surface area contributed by atoms with Crippen LogP contribution in [0.25, 0.3) is 0 Å². The van der Waals surface area contributed by atoms with E-state index in [1.807, 2.05) is 62.4 Å². The van der Waals surface area contributed by atoms with Gasteiger partial charge in [0.2, 0.25) is 0 Å². The number of rotatable bonds is 4. The molecule has 0 aliphatic heterocycles. The molecule has 114 valence electrons. The van der Waals surface area contributed by atoms with E-state index in [-0.39, 0.29) is 0 Å². The fourth-order valence-electron chi connectivity index (χ4n) is 2.36. The van der Waals surface area contributed by atoms with Crippen molar-refractivity contribution < 1.29 is 5.11 Å². The maximum atomic E-state index is 11.3. The molecule has 0 aromatic heterocycles. The predicted molar refractivity (Wildman–Crippen MR) is 92.7 cm³/mol. The first-order valence-electron chi connectivity index (χ1n) is 7.93. The molecular formula is C21H24O. The van der Waals surface area contributed by atoms with Crippen molar-refractivity contribution in [2.75, 3.05) is 0 Å². The van der Waals surface area contributed by atoms with Crippen molar-refractivity contribution in [1.82, 2.24) is 0 Å². The van der Waals surface area contributed by atoms with Gasteiger partial charge in [-0.15, -0.1) is 0 Å². The highest BCUT2D eigenvalue weighted by molar-refractivity contribution is 5.45. The zero-order chi connectivity index (χ0) is 16.0. The molecule has 0 saturated heterocycles. The lowest BCUT2D eigenvalue weighted by Gasteiger charge is -2.24. The van der Waals surface area contributed by atoms with Crippen LogP contribution in [0.1, 0.15) is 48.4 Å². The molecule has 2 rings (SSSR count). The van der Waals surface area contributed by atoms with E-state index in [0.29, 0.717) is 0 Å². The van der Waals surface area contributed by atoms with Crippen molar-refractivity contribution >= 4 is 0 Å². The molecule has 0 atom stereocenters. The summed E-state index contributed by atoms with van der Waals surface area (Å²) in [5.41, 5.74) is 2.76. The molecule has 0 unspecified atom stereocenters. The Kier molecular flexibility index (Phi) is 5.41. The van der Waals surface area contributed by atoms with Gasteiger partial charge < -0.3 is 5.11 Å². The van der Waals surface area contributed by atoms with Crippen molar-refractivity contribution in [3.8, 4) is 11.8 Å². The van der Waals surface area contributed by atoms with E-state index in [4.69, 9.17) is 0 Å². The summed E-state index contributed by atoms with van der Waals surface area (Å²) in [5.74, 6) is 6.26. The molecule has 0 spiro atoms. The Morgan fingerprint density at radius 3 is 1.73 bits per heavy atom. The Labute approximate surface area is 134 Å². The molecule has 0 aliphatic rings. The van der Waals surface area contributed by atoms with Crippen LogP contribution in [0, 0.1) is 25.7 Å². The van der Waals surface area contributed by atoms with Crippen LogP contribution < -0.4 is 0 Å². The van der Waals surface area contributed by atoms with E-state index >= 15 is 0 Å². The molecule has 2 aromatic carbocycles. The summed E-state index contributed by atoms with van der Waals surface area (Å²) < 4.78 is 0.